The van der Waals surface area contributed by atoms with Crippen LogP contribution in [0.3, 0.4) is 0 Å². The van der Waals surface area contributed by atoms with E-state index in [4.69, 9.17) is 4.74 Å². The first-order chi connectivity index (χ1) is 13.5. The molecule has 4 fully saturated rings. The minimum Gasteiger partial charge on any atom is -0.456 e. The smallest absolute Gasteiger partial charge is 0.337 e. The molecule has 4 nitrogen and oxygen atoms in total. The fraction of sp³-hybridized carbons (Fsp3) is 0.840. The summed E-state index contributed by atoms with van der Waals surface area (Å²) in [6, 6.07) is 0. The van der Waals surface area contributed by atoms with Gasteiger partial charge in [0.15, 0.2) is 0 Å². The van der Waals surface area contributed by atoms with Crippen molar-refractivity contribution in [1.29, 1.82) is 0 Å². The van der Waals surface area contributed by atoms with Crippen LogP contribution in [0.1, 0.15) is 86.0 Å². The van der Waals surface area contributed by atoms with Crippen molar-refractivity contribution >= 4 is 12.3 Å². The zero-order valence-corrected chi connectivity index (χ0v) is 18.8. The largest absolute Gasteiger partial charge is 0.456 e. The molecule has 1 heterocycles. The number of allylic oxidation sites excluding steroid dienone is 1. The molecule has 0 aromatic rings. The Hall–Kier alpha value is -1.16. The first-order valence-corrected chi connectivity index (χ1v) is 11.5. The molecular formula is C25H38O4. The van der Waals surface area contributed by atoms with Crippen LogP contribution in [0.2, 0.25) is 0 Å². The van der Waals surface area contributed by atoms with E-state index in [1.54, 1.807) is 0 Å². The van der Waals surface area contributed by atoms with Gasteiger partial charge in [-0.3, -0.25) is 4.79 Å². The van der Waals surface area contributed by atoms with Crippen molar-refractivity contribution in [2.24, 2.45) is 34.0 Å². The maximum atomic E-state index is 12.7. The van der Waals surface area contributed by atoms with Gasteiger partial charge < -0.3 is 9.84 Å². The monoisotopic (exact) mass is 402 g/mol. The van der Waals surface area contributed by atoms with E-state index in [-0.39, 0.29) is 16.9 Å². The molecule has 7 atom stereocenters. The van der Waals surface area contributed by atoms with E-state index in [1.165, 1.54) is 31.8 Å². The molecule has 0 aromatic carbocycles. The second-order valence-electron chi connectivity index (χ2n) is 11.8. The third kappa shape index (κ3) is 2.96. The highest BCUT2D eigenvalue weighted by atomic mass is 16.6. The molecule has 4 rings (SSSR count). The Morgan fingerprint density at radius 1 is 0.931 bits per heavy atom. The van der Waals surface area contributed by atoms with Crippen LogP contribution in [-0.2, 0) is 14.3 Å². The van der Waals surface area contributed by atoms with Crippen LogP contribution in [-0.4, -0.2) is 29.1 Å². The predicted molar refractivity (Wildman–Crippen MR) is 112 cm³/mol. The summed E-state index contributed by atoms with van der Waals surface area (Å²) in [5, 5.41) is 10.9. The average Bonchev–Trinajstić information content (AvgIpc) is 2.70. The first kappa shape index (κ1) is 21.1. The summed E-state index contributed by atoms with van der Waals surface area (Å²) in [4.78, 5) is 23.7. The van der Waals surface area contributed by atoms with Crippen LogP contribution in [0.25, 0.3) is 0 Å². The van der Waals surface area contributed by atoms with Crippen molar-refractivity contribution in [2.45, 2.75) is 97.7 Å². The summed E-state index contributed by atoms with van der Waals surface area (Å²) in [5.41, 5.74) is 0.261. The lowest BCUT2D eigenvalue weighted by Crippen LogP contribution is -2.63. The predicted octanol–water partition coefficient (Wildman–Crippen LogP) is 4.84. The number of rotatable bonds is 1. The van der Waals surface area contributed by atoms with Gasteiger partial charge in [0.25, 0.3) is 0 Å². The van der Waals surface area contributed by atoms with Crippen molar-refractivity contribution < 1.29 is 19.4 Å². The second kappa shape index (κ2) is 6.67. The molecule has 0 spiro atoms. The SMILES string of the molecule is CC1(C)CCC[C@]2(C)[C@H]3CC[C@]4(C)OC(=O)/C(=C\C=O)[C@@H](O)C[C@H]4[C@]3(C)CC[C@@H]12. The van der Waals surface area contributed by atoms with Crippen LogP contribution < -0.4 is 0 Å². The Kier molecular flexibility index (Phi) is 4.85. The number of hydrogen-bond donors (Lipinski definition) is 1. The molecule has 4 aliphatic rings. The average molecular weight is 403 g/mol. The molecule has 0 amide bonds. The third-order valence-electron chi connectivity index (χ3n) is 9.93. The van der Waals surface area contributed by atoms with Crippen molar-refractivity contribution in [3.05, 3.63) is 11.6 Å². The van der Waals surface area contributed by atoms with Gasteiger partial charge in [-0.15, -0.1) is 0 Å². The Morgan fingerprint density at radius 2 is 1.59 bits per heavy atom. The molecule has 1 N–H and O–H groups in total. The van der Waals surface area contributed by atoms with Crippen LogP contribution in [0, 0.1) is 34.0 Å². The van der Waals surface area contributed by atoms with E-state index in [0.29, 0.717) is 29.5 Å². The lowest BCUT2D eigenvalue weighted by molar-refractivity contribution is -0.220. The minimum absolute atomic E-state index is 0.0313. The molecule has 3 aliphatic carbocycles. The first-order valence-electron chi connectivity index (χ1n) is 11.5. The van der Waals surface area contributed by atoms with Crippen LogP contribution in [0.5, 0.6) is 0 Å². The summed E-state index contributed by atoms with van der Waals surface area (Å²) in [7, 11) is 0. The highest BCUT2D eigenvalue weighted by molar-refractivity contribution is 5.94. The Labute approximate surface area is 175 Å². The van der Waals surface area contributed by atoms with E-state index in [0.717, 1.165) is 25.2 Å². The van der Waals surface area contributed by atoms with Gasteiger partial charge in [0, 0.05) is 5.92 Å². The number of aldehydes is 1. The number of aliphatic hydroxyl groups is 1. The third-order valence-corrected chi connectivity index (χ3v) is 9.93. The number of esters is 1. The van der Waals surface area contributed by atoms with E-state index in [1.807, 2.05) is 0 Å². The topological polar surface area (TPSA) is 63.6 Å². The van der Waals surface area contributed by atoms with Crippen molar-refractivity contribution in [3.63, 3.8) is 0 Å². The fourth-order valence-corrected chi connectivity index (χ4v) is 8.72. The van der Waals surface area contributed by atoms with E-state index < -0.39 is 17.7 Å². The summed E-state index contributed by atoms with van der Waals surface area (Å²) in [5.74, 6) is 0.896. The molecule has 1 saturated heterocycles. The zero-order chi connectivity index (χ0) is 21.2. The molecule has 4 heteroatoms. The summed E-state index contributed by atoms with van der Waals surface area (Å²) < 4.78 is 6.04. The van der Waals surface area contributed by atoms with E-state index >= 15 is 0 Å². The lowest BCUT2D eigenvalue weighted by Gasteiger charge is -2.67. The van der Waals surface area contributed by atoms with Crippen LogP contribution in [0.4, 0.5) is 0 Å². The van der Waals surface area contributed by atoms with E-state index in [9.17, 15) is 14.7 Å². The molecule has 0 aromatic heterocycles. The molecule has 0 bridgehead atoms. The summed E-state index contributed by atoms with van der Waals surface area (Å²) in [6.07, 6.45) is 9.48. The van der Waals surface area contributed by atoms with Gasteiger partial charge in [-0.25, -0.2) is 4.79 Å². The van der Waals surface area contributed by atoms with Gasteiger partial charge in [-0.2, -0.15) is 0 Å². The highest BCUT2D eigenvalue weighted by Gasteiger charge is 2.65. The normalized spacial score (nSPS) is 50.6. The van der Waals surface area contributed by atoms with Crippen molar-refractivity contribution in [2.75, 3.05) is 0 Å². The second-order valence-corrected chi connectivity index (χ2v) is 11.8. The molecule has 0 radical (unpaired) electrons. The molecule has 1 aliphatic heterocycles. The van der Waals surface area contributed by atoms with Gasteiger partial charge in [-0.1, -0.05) is 34.1 Å². The van der Waals surface area contributed by atoms with Crippen molar-refractivity contribution in [1.82, 2.24) is 0 Å². The minimum atomic E-state index is -0.927. The maximum absolute atomic E-state index is 12.7. The Balaban J connectivity index is 1.75. The van der Waals surface area contributed by atoms with Gasteiger partial charge in [0.1, 0.15) is 11.9 Å². The quantitative estimate of drug-likeness (QED) is 0.387. The molecule has 29 heavy (non-hydrogen) atoms. The Bertz CT molecular complexity index is 739. The standard InChI is InChI=1S/C25H38O4/c1-22(2)10-6-11-23(3)18(22)7-12-24(4)19(23)8-13-25(5)20(24)15-17(27)16(9-14-26)21(28)29-25/h9,14,17-20,27H,6-8,10-13,15H2,1-5H3/b16-9-/t17-,18-,19+,20-,23-,24+,25-/m0/s1. The summed E-state index contributed by atoms with van der Waals surface area (Å²) >= 11 is 0. The number of aliphatic hydroxyl groups excluding tert-OH is 1. The van der Waals surface area contributed by atoms with Gasteiger partial charge in [-0.05, 0) is 86.0 Å². The molecule has 162 valence electrons. The number of carbonyl (C=O) groups excluding carboxylic acids is 2. The molecule has 3 saturated carbocycles. The zero-order valence-electron chi connectivity index (χ0n) is 18.8. The van der Waals surface area contributed by atoms with Crippen LogP contribution in [0.15, 0.2) is 11.6 Å². The molecule has 0 unspecified atom stereocenters. The fourth-order valence-electron chi connectivity index (χ4n) is 8.72. The van der Waals surface area contributed by atoms with Gasteiger partial charge in [0.2, 0.25) is 0 Å². The Morgan fingerprint density at radius 3 is 2.28 bits per heavy atom. The lowest BCUT2D eigenvalue weighted by atomic mass is 9.38. The number of fused-ring (bicyclic) bond motifs is 5. The van der Waals surface area contributed by atoms with Gasteiger partial charge >= 0.3 is 5.97 Å². The molecular weight excluding hydrogens is 364 g/mol. The van der Waals surface area contributed by atoms with Crippen molar-refractivity contribution in [3.8, 4) is 0 Å². The summed E-state index contributed by atoms with van der Waals surface area (Å²) in [6.45, 7) is 11.9. The number of ether oxygens (including phenoxy) is 1. The number of hydrogen-bond acceptors (Lipinski definition) is 4. The highest BCUT2D eigenvalue weighted by Crippen LogP contribution is 2.70. The van der Waals surface area contributed by atoms with E-state index in [2.05, 4.69) is 34.6 Å². The van der Waals surface area contributed by atoms with Crippen LogP contribution >= 0.6 is 0 Å². The number of carbonyl (C=O) groups is 2. The van der Waals surface area contributed by atoms with Gasteiger partial charge in [0.05, 0.1) is 11.7 Å². The maximum Gasteiger partial charge on any atom is 0.337 e.